The Bertz CT molecular complexity index is 1250. The van der Waals surface area contributed by atoms with Gasteiger partial charge in [0, 0.05) is 30.5 Å². The van der Waals surface area contributed by atoms with Gasteiger partial charge in [-0.3, -0.25) is 23.7 Å². The maximum absolute atomic E-state index is 13.2. The molecule has 2 aliphatic heterocycles. The predicted molar refractivity (Wildman–Crippen MR) is 119 cm³/mol. The van der Waals surface area contributed by atoms with Crippen molar-refractivity contribution in [2.75, 3.05) is 6.54 Å². The number of hydrogen-bond donors (Lipinski definition) is 1. The Morgan fingerprint density at radius 2 is 1.78 bits per heavy atom. The van der Waals surface area contributed by atoms with E-state index in [0.717, 1.165) is 0 Å². The van der Waals surface area contributed by atoms with Gasteiger partial charge in [-0.15, -0.1) is 5.10 Å². The number of pyridine rings is 1. The highest BCUT2D eigenvalue weighted by Gasteiger charge is 2.45. The first-order chi connectivity index (χ1) is 14.9. The Hall–Kier alpha value is -3.63. The molecule has 11 heteroatoms. The van der Waals surface area contributed by atoms with Crippen LogP contribution in [-0.4, -0.2) is 59.1 Å². The topological polar surface area (TPSA) is 122 Å². The van der Waals surface area contributed by atoms with E-state index in [2.05, 4.69) is 10.2 Å². The third-order valence-corrected chi connectivity index (χ3v) is 5.77. The van der Waals surface area contributed by atoms with E-state index < -0.39 is 17.2 Å². The smallest absolute Gasteiger partial charge is 0.291 e. The maximum atomic E-state index is 13.2. The molecule has 0 radical (unpaired) electrons. The highest BCUT2D eigenvalue weighted by Crippen LogP contribution is 2.28. The molecule has 0 aromatic carbocycles. The lowest BCUT2D eigenvalue weighted by atomic mass is 10.00. The zero-order valence-corrected chi connectivity index (χ0v) is 18.9. The predicted octanol–water partition coefficient (Wildman–Crippen LogP) is 0.267. The van der Waals surface area contributed by atoms with Crippen LogP contribution in [0.25, 0.3) is 5.52 Å². The molecule has 11 nitrogen and oxygen atoms in total. The van der Waals surface area contributed by atoms with Gasteiger partial charge < -0.3 is 10.6 Å². The summed E-state index contributed by atoms with van der Waals surface area (Å²) in [4.78, 5) is 41.6. The third-order valence-electron chi connectivity index (χ3n) is 5.77. The molecular formula is C21H28N8O3. The Kier molecular flexibility index (Phi) is 4.87. The van der Waals surface area contributed by atoms with Crippen molar-refractivity contribution >= 4 is 17.4 Å². The Labute approximate surface area is 185 Å². The van der Waals surface area contributed by atoms with Crippen LogP contribution in [-0.2, 0) is 10.3 Å². The highest BCUT2D eigenvalue weighted by atomic mass is 16.2. The number of amides is 1. The molecule has 1 amide bonds. The van der Waals surface area contributed by atoms with Crippen molar-refractivity contribution in [3.63, 3.8) is 0 Å². The zero-order valence-electron chi connectivity index (χ0n) is 18.9. The average molecular weight is 441 g/mol. The summed E-state index contributed by atoms with van der Waals surface area (Å²) in [7, 11) is 0. The number of rotatable bonds is 4. The molecular weight excluding hydrogens is 412 g/mol. The molecule has 4 heterocycles. The van der Waals surface area contributed by atoms with E-state index in [-0.39, 0.29) is 28.5 Å². The van der Waals surface area contributed by atoms with Crippen LogP contribution in [0.15, 0.2) is 51.6 Å². The Morgan fingerprint density at radius 1 is 1.06 bits per heavy atom. The summed E-state index contributed by atoms with van der Waals surface area (Å²) in [5.74, 6) is 0.000849. The largest absolute Gasteiger partial charge is 0.368 e. The van der Waals surface area contributed by atoms with Crippen LogP contribution in [0.1, 0.15) is 41.0 Å². The van der Waals surface area contributed by atoms with Gasteiger partial charge in [-0.05, 0) is 47.1 Å². The van der Waals surface area contributed by atoms with Gasteiger partial charge in [-0.25, -0.2) is 9.69 Å². The minimum atomic E-state index is -0.671. The number of aromatic nitrogens is 3. The lowest BCUT2D eigenvalue weighted by molar-refractivity contribution is -0.141. The number of nitrogens with zero attached hydrogens (tertiary/aromatic N) is 7. The fourth-order valence-corrected chi connectivity index (χ4v) is 4.07. The van der Waals surface area contributed by atoms with Crippen molar-refractivity contribution in [3.05, 3.63) is 57.6 Å². The van der Waals surface area contributed by atoms with Crippen molar-refractivity contribution in [2.24, 2.45) is 10.8 Å². The molecule has 32 heavy (non-hydrogen) atoms. The summed E-state index contributed by atoms with van der Waals surface area (Å²) >= 11 is 0. The van der Waals surface area contributed by atoms with Crippen molar-refractivity contribution in [1.82, 2.24) is 29.0 Å². The SMILES string of the molecule is CC(C)(C)N1C(=O)C2N(CCC(C)(C)n3ncn4c(=O)cccc4c3=O)C=CN2N=C1N. The molecule has 2 aliphatic rings. The van der Waals surface area contributed by atoms with Gasteiger partial charge >= 0.3 is 0 Å². The molecule has 0 bridgehead atoms. The van der Waals surface area contributed by atoms with Gasteiger partial charge in [-0.1, -0.05) is 6.07 Å². The van der Waals surface area contributed by atoms with E-state index in [0.29, 0.717) is 13.0 Å². The van der Waals surface area contributed by atoms with Gasteiger partial charge in [0.2, 0.25) is 12.1 Å². The molecule has 0 fully saturated rings. The summed E-state index contributed by atoms with van der Waals surface area (Å²) in [6.45, 7) is 9.99. The third kappa shape index (κ3) is 3.43. The highest BCUT2D eigenvalue weighted by molar-refractivity contribution is 6.01. The van der Waals surface area contributed by atoms with Gasteiger partial charge in [-0.2, -0.15) is 5.10 Å². The van der Waals surface area contributed by atoms with Crippen molar-refractivity contribution < 1.29 is 4.79 Å². The van der Waals surface area contributed by atoms with Crippen LogP contribution in [0.2, 0.25) is 0 Å². The van der Waals surface area contributed by atoms with Crippen molar-refractivity contribution in [3.8, 4) is 0 Å². The molecule has 170 valence electrons. The second kappa shape index (κ2) is 7.21. The lowest BCUT2D eigenvalue weighted by Crippen LogP contribution is -2.63. The summed E-state index contributed by atoms with van der Waals surface area (Å²) < 4.78 is 2.62. The van der Waals surface area contributed by atoms with Gasteiger partial charge in [0.05, 0.1) is 5.54 Å². The average Bonchev–Trinajstić information content (AvgIpc) is 3.09. The number of guanidine groups is 1. The maximum Gasteiger partial charge on any atom is 0.291 e. The van der Waals surface area contributed by atoms with Crippen LogP contribution in [0.5, 0.6) is 0 Å². The summed E-state index contributed by atoms with van der Waals surface area (Å²) in [5, 5.41) is 10.2. The number of fused-ring (bicyclic) bond motifs is 2. The van der Waals surface area contributed by atoms with E-state index in [1.54, 1.807) is 29.5 Å². The first-order valence-electron chi connectivity index (χ1n) is 10.4. The van der Waals surface area contributed by atoms with Crippen molar-refractivity contribution in [1.29, 1.82) is 0 Å². The van der Waals surface area contributed by atoms with Gasteiger partial charge in [0.1, 0.15) is 11.8 Å². The van der Waals surface area contributed by atoms with E-state index in [9.17, 15) is 14.4 Å². The van der Waals surface area contributed by atoms with Crippen LogP contribution in [0, 0.1) is 0 Å². The van der Waals surface area contributed by atoms with E-state index in [1.807, 2.05) is 39.5 Å². The van der Waals surface area contributed by atoms with E-state index in [4.69, 9.17) is 5.73 Å². The molecule has 1 unspecified atom stereocenters. The minimum absolute atomic E-state index is 0.159. The zero-order chi connectivity index (χ0) is 23.4. The molecule has 0 aliphatic carbocycles. The van der Waals surface area contributed by atoms with Crippen LogP contribution in [0.3, 0.4) is 0 Å². The molecule has 2 N–H and O–H groups in total. The molecule has 2 aromatic heterocycles. The first kappa shape index (κ1) is 21.6. The van der Waals surface area contributed by atoms with Crippen LogP contribution >= 0.6 is 0 Å². The van der Waals surface area contributed by atoms with Crippen molar-refractivity contribution in [2.45, 2.75) is 58.3 Å². The number of carbonyl (C=O) groups excluding carboxylic acids is 1. The normalized spacial score (nSPS) is 19.0. The Balaban J connectivity index is 1.58. The number of hydrogen-bond acceptors (Lipinski definition) is 8. The van der Waals surface area contributed by atoms with Gasteiger partial charge in [0.25, 0.3) is 17.0 Å². The summed E-state index contributed by atoms with van der Waals surface area (Å²) in [6.07, 6.45) is 4.77. The number of carbonyl (C=O) groups is 1. The molecule has 1 atom stereocenters. The minimum Gasteiger partial charge on any atom is -0.368 e. The number of hydrazone groups is 1. The second-order valence-corrected chi connectivity index (χ2v) is 9.62. The van der Waals surface area contributed by atoms with Crippen LogP contribution < -0.4 is 16.9 Å². The molecule has 2 aromatic rings. The van der Waals surface area contributed by atoms with Crippen LogP contribution in [0.4, 0.5) is 0 Å². The molecule has 0 saturated carbocycles. The second-order valence-electron chi connectivity index (χ2n) is 9.62. The fraction of sp³-hybridized carbons (Fsp3) is 0.476. The monoisotopic (exact) mass is 440 g/mol. The fourth-order valence-electron chi connectivity index (χ4n) is 4.07. The first-order valence-corrected chi connectivity index (χ1v) is 10.4. The van der Waals surface area contributed by atoms with E-state index >= 15 is 0 Å². The number of nitrogens with two attached hydrogens (primary N) is 1. The summed E-state index contributed by atoms with van der Waals surface area (Å²) in [6, 6.07) is 4.54. The lowest BCUT2D eigenvalue weighted by Gasteiger charge is -2.43. The summed E-state index contributed by atoms with van der Waals surface area (Å²) in [5.41, 5.74) is 4.47. The quantitative estimate of drug-likeness (QED) is 0.724. The van der Waals surface area contributed by atoms with E-state index in [1.165, 1.54) is 26.4 Å². The molecule has 0 spiro atoms. The van der Waals surface area contributed by atoms with Gasteiger partial charge in [0.15, 0.2) is 0 Å². The Morgan fingerprint density at radius 3 is 2.47 bits per heavy atom. The molecule has 0 saturated heterocycles. The standard InChI is InChI=1S/C21H28N8O3/c1-20(2,3)28-18(32)16-25(11-12-27(16)24-19(28)22)10-9-21(4,5)29-17(31)14-7-6-8-15(30)26(14)13-23-29/h6-8,11-13,16H,9-10H2,1-5H3,(H2,22,24). The molecule has 4 rings (SSSR count).